The number of nitrogens with zero attached hydrogens (tertiary/aromatic N) is 1. The predicted molar refractivity (Wildman–Crippen MR) is 69.3 cm³/mol. The van der Waals surface area contributed by atoms with Crippen LogP contribution in [0.3, 0.4) is 0 Å². The molecule has 0 aromatic rings. The first-order chi connectivity index (χ1) is 9.58. The summed E-state index contributed by atoms with van der Waals surface area (Å²) in [6.07, 6.45) is 1.33. The summed E-state index contributed by atoms with van der Waals surface area (Å²) in [4.78, 5) is 24.3. The van der Waals surface area contributed by atoms with Gasteiger partial charge in [-0.15, -0.1) is 0 Å². The van der Waals surface area contributed by atoms with Crippen molar-refractivity contribution in [2.24, 2.45) is 0 Å². The summed E-state index contributed by atoms with van der Waals surface area (Å²) in [5.74, 6) is -1.16. The van der Waals surface area contributed by atoms with Gasteiger partial charge in [-0.05, 0) is 12.8 Å². The fraction of sp³-hybridized carbons (Fsp3) is 0.833. The van der Waals surface area contributed by atoms with Crippen LogP contribution in [0, 0.1) is 0 Å². The molecule has 1 unspecified atom stereocenters. The molecule has 0 radical (unpaired) electrons. The number of urea groups is 1. The van der Waals surface area contributed by atoms with Crippen LogP contribution in [-0.4, -0.2) is 77.3 Å². The van der Waals surface area contributed by atoms with Crippen molar-refractivity contribution in [1.29, 1.82) is 0 Å². The average molecular weight is 290 g/mol. The third kappa shape index (κ3) is 5.32. The van der Waals surface area contributed by atoms with Gasteiger partial charge in [-0.2, -0.15) is 0 Å². The number of aliphatic hydroxyl groups excluding tert-OH is 2. The van der Waals surface area contributed by atoms with E-state index in [2.05, 4.69) is 5.32 Å². The highest BCUT2D eigenvalue weighted by Crippen LogP contribution is 2.13. The lowest BCUT2D eigenvalue weighted by Crippen LogP contribution is -2.51. The summed E-state index contributed by atoms with van der Waals surface area (Å²) in [5.41, 5.74) is 0. The normalized spacial score (nSPS) is 17.8. The Hall–Kier alpha value is -1.38. The topological polar surface area (TPSA) is 119 Å². The van der Waals surface area contributed by atoms with Crippen LogP contribution in [-0.2, 0) is 9.53 Å². The zero-order chi connectivity index (χ0) is 15.0. The molecule has 1 aliphatic rings. The molecule has 1 heterocycles. The van der Waals surface area contributed by atoms with E-state index in [1.165, 1.54) is 4.90 Å². The number of carboxylic acids is 1. The molecule has 1 aliphatic heterocycles. The van der Waals surface area contributed by atoms with Crippen molar-refractivity contribution < 1.29 is 29.6 Å². The minimum Gasteiger partial charge on any atom is -0.480 e. The van der Waals surface area contributed by atoms with Gasteiger partial charge in [0.1, 0.15) is 6.04 Å². The number of nitrogens with one attached hydrogen (secondary N) is 1. The quantitative estimate of drug-likeness (QED) is 0.478. The van der Waals surface area contributed by atoms with E-state index >= 15 is 0 Å². The second kappa shape index (κ2) is 8.72. The maximum absolute atomic E-state index is 11.9. The fourth-order valence-electron chi connectivity index (χ4n) is 2.07. The van der Waals surface area contributed by atoms with Crippen LogP contribution in [0.2, 0.25) is 0 Å². The number of hydrogen-bond acceptors (Lipinski definition) is 5. The molecule has 116 valence electrons. The lowest BCUT2D eigenvalue weighted by molar-refractivity contribution is -0.139. The smallest absolute Gasteiger partial charge is 0.326 e. The number of piperidine rings is 1. The fourth-order valence-corrected chi connectivity index (χ4v) is 2.07. The Morgan fingerprint density at radius 2 is 1.90 bits per heavy atom. The van der Waals surface area contributed by atoms with E-state index in [0.29, 0.717) is 25.9 Å². The van der Waals surface area contributed by atoms with Crippen LogP contribution in [0.4, 0.5) is 4.79 Å². The second-order valence-electron chi connectivity index (χ2n) is 4.63. The molecule has 0 aliphatic carbocycles. The summed E-state index contributed by atoms with van der Waals surface area (Å²) in [6.45, 7) is 0.922. The van der Waals surface area contributed by atoms with Crippen LogP contribution >= 0.6 is 0 Å². The Morgan fingerprint density at radius 3 is 2.40 bits per heavy atom. The molecule has 8 heteroatoms. The Morgan fingerprint density at radius 1 is 1.25 bits per heavy atom. The highest BCUT2D eigenvalue weighted by molar-refractivity contribution is 5.82. The van der Waals surface area contributed by atoms with E-state index in [1.54, 1.807) is 0 Å². The Bertz CT molecular complexity index is 317. The van der Waals surface area contributed by atoms with Gasteiger partial charge >= 0.3 is 12.0 Å². The van der Waals surface area contributed by atoms with Crippen molar-refractivity contribution in [3.8, 4) is 0 Å². The number of carboxylic acid groups (broad SMARTS) is 1. The van der Waals surface area contributed by atoms with Crippen molar-refractivity contribution in [3.05, 3.63) is 0 Å². The van der Waals surface area contributed by atoms with Crippen LogP contribution in [0.5, 0.6) is 0 Å². The number of hydrogen-bond donors (Lipinski definition) is 4. The zero-order valence-corrected chi connectivity index (χ0v) is 11.3. The van der Waals surface area contributed by atoms with Gasteiger partial charge in [-0.3, -0.25) is 0 Å². The van der Waals surface area contributed by atoms with Gasteiger partial charge in [-0.25, -0.2) is 9.59 Å². The minimum absolute atomic E-state index is 0.0167. The number of aliphatic hydroxyl groups is 2. The monoisotopic (exact) mass is 290 g/mol. The van der Waals surface area contributed by atoms with Crippen molar-refractivity contribution in [2.45, 2.75) is 31.4 Å². The standard InChI is InChI=1S/C12H22N2O6/c15-6-3-10(11(17)18)13-12(19)14-4-1-9(2-5-14)20-8-7-16/h9-10,15-16H,1-8H2,(H,13,19)(H,17,18). The number of ether oxygens (including phenoxy) is 1. The second-order valence-corrected chi connectivity index (χ2v) is 4.63. The molecule has 20 heavy (non-hydrogen) atoms. The molecule has 0 bridgehead atoms. The van der Waals surface area contributed by atoms with E-state index in [-0.39, 0.29) is 32.3 Å². The molecule has 0 saturated carbocycles. The van der Waals surface area contributed by atoms with Crippen LogP contribution in [0.1, 0.15) is 19.3 Å². The van der Waals surface area contributed by atoms with E-state index in [0.717, 1.165) is 0 Å². The molecule has 1 fully saturated rings. The number of rotatable bonds is 7. The average Bonchev–Trinajstić information content (AvgIpc) is 2.45. The van der Waals surface area contributed by atoms with Crippen molar-refractivity contribution in [3.63, 3.8) is 0 Å². The molecule has 0 aromatic heterocycles. The number of likely N-dealkylation sites (tertiary alicyclic amines) is 1. The van der Waals surface area contributed by atoms with Gasteiger partial charge in [0.15, 0.2) is 0 Å². The highest BCUT2D eigenvalue weighted by Gasteiger charge is 2.26. The summed E-state index contributed by atoms with van der Waals surface area (Å²) < 4.78 is 5.38. The van der Waals surface area contributed by atoms with Gasteiger partial charge in [0, 0.05) is 26.1 Å². The maximum atomic E-state index is 11.9. The molecule has 0 aromatic carbocycles. The molecule has 2 amide bonds. The third-order valence-electron chi connectivity index (χ3n) is 3.19. The molecule has 4 N–H and O–H groups in total. The van der Waals surface area contributed by atoms with Gasteiger partial charge in [-0.1, -0.05) is 0 Å². The SMILES string of the molecule is O=C(O)C(CCO)NC(=O)N1CCC(OCCO)CC1. The van der Waals surface area contributed by atoms with Crippen molar-refractivity contribution >= 4 is 12.0 Å². The zero-order valence-electron chi connectivity index (χ0n) is 11.3. The van der Waals surface area contributed by atoms with E-state index < -0.39 is 18.0 Å². The van der Waals surface area contributed by atoms with Gasteiger partial charge in [0.25, 0.3) is 0 Å². The number of aliphatic carboxylic acids is 1. The van der Waals surface area contributed by atoms with Crippen LogP contribution in [0.25, 0.3) is 0 Å². The molecular weight excluding hydrogens is 268 g/mol. The molecule has 1 rings (SSSR count). The first-order valence-electron chi connectivity index (χ1n) is 6.70. The van der Waals surface area contributed by atoms with Gasteiger partial charge < -0.3 is 30.3 Å². The minimum atomic E-state index is -1.16. The Kier molecular flexibility index (Phi) is 7.27. The molecule has 8 nitrogen and oxygen atoms in total. The lowest BCUT2D eigenvalue weighted by atomic mass is 10.1. The Labute approximate surface area is 117 Å². The van der Waals surface area contributed by atoms with E-state index in [1.807, 2.05) is 0 Å². The number of carbonyl (C=O) groups excluding carboxylic acids is 1. The van der Waals surface area contributed by atoms with E-state index in [9.17, 15) is 9.59 Å². The summed E-state index contributed by atoms with van der Waals surface area (Å²) >= 11 is 0. The third-order valence-corrected chi connectivity index (χ3v) is 3.19. The number of amides is 2. The summed E-state index contributed by atoms with van der Waals surface area (Å²) in [7, 11) is 0. The molecule has 1 atom stereocenters. The van der Waals surface area contributed by atoms with E-state index in [4.69, 9.17) is 20.1 Å². The predicted octanol–water partition coefficient (Wildman–Crippen LogP) is -0.995. The van der Waals surface area contributed by atoms with Crippen LogP contribution < -0.4 is 5.32 Å². The lowest BCUT2D eigenvalue weighted by Gasteiger charge is -2.32. The van der Waals surface area contributed by atoms with Crippen molar-refractivity contribution in [1.82, 2.24) is 10.2 Å². The first kappa shape index (κ1) is 16.7. The van der Waals surface area contributed by atoms with Crippen molar-refractivity contribution in [2.75, 3.05) is 32.9 Å². The summed E-state index contributed by atoms with van der Waals surface area (Å²) in [6, 6.07) is -1.51. The molecule has 0 spiro atoms. The molecular formula is C12H22N2O6. The largest absolute Gasteiger partial charge is 0.480 e. The first-order valence-corrected chi connectivity index (χ1v) is 6.70. The highest BCUT2D eigenvalue weighted by atomic mass is 16.5. The van der Waals surface area contributed by atoms with Crippen LogP contribution in [0.15, 0.2) is 0 Å². The van der Waals surface area contributed by atoms with Gasteiger partial charge in [0.2, 0.25) is 0 Å². The summed E-state index contributed by atoms with van der Waals surface area (Å²) in [5, 5.41) is 28.7. The number of carbonyl (C=O) groups is 2. The van der Waals surface area contributed by atoms with Gasteiger partial charge in [0.05, 0.1) is 19.3 Å². The molecule has 1 saturated heterocycles. The Balaban J connectivity index is 2.36. The maximum Gasteiger partial charge on any atom is 0.326 e.